The summed E-state index contributed by atoms with van der Waals surface area (Å²) >= 11 is 0. The number of hydrogen-bond acceptors (Lipinski definition) is 3. The van der Waals surface area contributed by atoms with Crippen molar-refractivity contribution in [3.05, 3.63) is 47.9 Å². The largest absolute Gasteiger partial charge is 0.388 e. The Labute approximate surface area is 88.5 Å². The van der Waals surface area contributed by atoms with Crippen LogP contribution in [0.1, 0.15) is 11.4 Å². The molecule has 0 aliphatic rings. The molecule has 3 heteroatoms. The molecule has 1 N–H and O–H groups in total. The van der Waals surface area contributed by atoms with E-state index in [-0.39, 0.29) is 6.61 Å². The molecule has 1 heterocycles. The van der Waals surface area contributed by atoms with Crippen molar-refractivity contribution < 1.29 is 5.11 Å². The Morgan fingerprint density at radius 2 is 1.87 bits per heavy atom. The van der Waals surface area contributed by atoms with Gasteiger partial charge >= 0.3 is 0 Å². The minimum atomic E-state index is -0.125. The van der Waals surface area contributed by atoms with Gasteiger partial charge in [0.25, 0.3) is 0 Å². The summed E-state index contributed by atoms with van der Waals surface area (Å²) in [6.45, 7) is 1.92. The van der Waals surface area contributed by atoms with E-state index in [4.69, 9.17) is 5.11 Å². The molecule has 0 radical (unpaired) electrons. The van der Waals surface area contributed by atoms with Crippen LogP contribution in [-0.2, 0) is 6.61 Å². The Kier molecular flexibility index (Phi) is 2.74. The van der Waals surface area contributed by atoms with E-state index in [9.17, 15) is 0 Å². The number of benzene rings is 1. The summed E-state index contributed by atoms with van der Waals surface area (Å²) in [5, 5.41) is 8.93. The molecule has 0 spiro atoms. The average molecular weight is 200 g/mol. The van der Waals surface area contributed by atoms with Crippen molar-refractivity contribution in [2.45, 2.75) is 13.5 Å². The molecule has 0 aliphatic carbocycles. The highest BCUT2D eigenvalue weighted by Gasteiger charge is 2.00. The number of aliphatic hydroxyl groups is 1. The zero-order chi connectivity index (χ0) is 10.7. The Morgan fingerprint density at radius 3 is 2.53 bits per heavy atom. The summed E-state index contributed by atoms with van der Waals surface area (Å²) in [7, 11) is 0. The Hall–Kier alpha value is -1.74. The molecule has 0 saturated carbocycles. The predicted molar refractivity (Wildman–Crippen MR) is 58.1 cm³/mol. The third-order valence-corrected chi connectivity index (χ3v) is 2.19. The van der Waals surface area contributed by atoms with Crippen LogP contribution in [0, 0.1) is 6.92 Å². The fourth-order valence-electron chi connectivity index (χ4n) is 1.36. The van der Waals surface area contributed by atoms with Gasteiger partial charge in [0.1, 0.15) is 6.61 Å². The van der Waals surface area contributed by atoms with Crippen LogP contribution < -0.4 is 0 Å². The first-order valence-electron chi connectivity index (χ1n) is 4.79. The van der Waals surface area contributed by atoms with Crippen molar-refractivity contribution >= 4 is 0 Å². The van der Waals surface area contributed by atoms with Crippen molar-refractivity contribution in [2.75, 3.05) is 0 Å². The average Bonchev–Trinajstić information content (AvgIpc) is 2.30. The highest BCUT2D eigenvalue weighted by molar-refractivity contribution is 5.58. The summed E-state index contributed by atoms with van der Waals surface area (Å²) < 4.78 is 0. The first-order valence-corrected chi connectivity index (χ1v) is 4.79. The van der Waals surface area contributed by atoms with Crippen LogP contribution in [0.25, 0.3) is 11.3 Å². The fraction of sp³-hybridized carbons (Fsp3) is 0.167. The molecule has 2 aromatic rings. The van der Waals surface area contributed by atoms with Crippen molar-refractivity contribution in [1.29, 1.82) is 0 Å². The molecule has 0 unspecified atom stereocenters. The minimum absolute atomic E-state index is 0.125. The molecule has 1 aromatic carbocycles. The molecular weight excluding hydrogens is 188 g/mol. The van der Waals surface area contributed by atoms with Gasteiger partial charge in [0, 0.05) is 11.8 Å². The first kappa shape index (κ1) is 9.80. The van der Waals surface area contributed by atoms with Gasteiger partial charge in [-0.15, -0.1) is 0 Å². The van der Waals surface area contributed by atoms with Crippen LogP contribution in [0.15, 0.2) is 36.5 Å². The molecule has 0 bridgehead atoms. The predicted octanol–water partition coefficient (Wildman–Crippen LogP) is 1.94. The highest BCUT2D eigenvalue weighted by atomic mass is 16.3. The molecule has 2 rings (SSSR count). The van der Waals surface area contributed by atoms with E-state index < -0.39 is 0 Å². The SMILES string of the molecule is Cc1ccc(-c2ccnc(CO)n2)cc1. The van der Waals surface area contributed by atoms with Crippen LogP contribution in [0.2, 0.25) is 0 Å². The van der Waals surface area contributed by atoms with Crippen LogP contribution in [0.5, 0.6) is 0 Å². The summed E-state index contributed by atoms with van der Waals surface area (Å²) in [4.78, 5) is 8.17. The maximum absolute atomic E-state index is 8.93. The molecule has 0 amide bonds. The second kappa shape index (κ2) is 4.19. The fourth-order valence-corrected chi connectivity index (χ4v) is 1.36. The molecule has 1 aromatic heterocycles. The number of nitrogens with zero attached hydrogens (tertiary/aromatic N) is 2. The zero-order valence-electron chi connectivity index (χ0n) is 8.51. The van der Waals surface area contributed by atoms with E-state index in [1.165, 1.54) is 5.56 Å². The molecule has 0 saturated heterocycles. The number of aryl methyl sites for hydroxylation is 1. The van der Waals surface area contributed by atoms with Gasteiger partial charge in [0.2, 0.25) is 0 Å². The van der Waals surface area contributed by atoms with Crippen molar-refractivity contribution in [3.8, 4) is 11.3 Å². The van der Waals surface area contributed by atoms with Crippen molar-refractivity contribution in [2.24, 2.45) is 0 Å². The lowest BCUT2D eigenvalue weighted by Gasteiger charge is -2.02. The van der Waals surface area contributed by atoms with Crippen molar-refractivity contribution in [1.82, 2.24) is 9.97 Å². The lowest BCUT2D eigenvalue weighted by molar-refractivity contribution is 0.271. The molecule has 3 nitrogen and oxygen atoms in total. The standard InChI is InChI=1S/C12H12N2O/c1-9-2-4-10(5-3-9)11-6-7-13-12(8-15)14-11/h2-7,15H,8H2,1H3. The zero-order valence-corrected chi connectivity index (χ0v) is 8.51. The van der Waals surface area contributed by atoms with Gasteiger partial charge in [-0.2, -0.15) is 0 Å². The van der Waals surface area contributed by atoms with Gasteiger partial charge < -0.3 is 5.11 Å². The normalized spacial score (nSPS) is 10.3. The van der Waals surface area contributed by atoms with E-state index in [2.05, 4.69) is 9.97 Å². The second-order valence-corrected chi connectivity index (χ2v) is 3.38. The van der Waals surface area contributed by atoms with E-state index in [0.717, 1.165) is 11.3 Å². The summed E-state index contributed by atoms with van der Waals surface area (Å²) in [5.41, 5.74) is 3.10. The number of aromatic nitrogens is 2. The number of rotatable bonds is 2. The van der Waals surface area contributed by atoms with Gasteiger partial charge in [-0.1, -0.05) is 29.8 Å². The lowest BCUT2D eigenvalue weighted by Crippen LogP contribution is -1.95. The van der Waals surface area contributed by atoms with Crippen LogP contribution in [0.4, 0.5) is 0 Å². The van der Waals surface area contributed by atoms with Gasteiger partial charge in [0.05, 0.1) is 5.69 Å². The smallest absolute Gasteiger partial charge is 0.154 e. The summed E-state index contributed by atoms with van der Waals surface area (Å²) in [6, 6.07) is 9.94. The topological polar surface area (TPSA) is 46.0 Å². The lowest BCUT2D eigenvalue weighted by atomic mass is 10.1. The maximum atomic E-state index is 8.93. The summed E-state index contributed by atoms with van der Waals surface area (Å²) in [5.74, 6) is 0.452. The van der Waals surface area contributed by atoms with Gasteiger partial charge in [0.15, 0.2) is 5.82 Å². The minimum Gasteiger partial charge on any atom is -0.388 e. The number of aliphatic hydroxyl groups excluding tert-OH is 1. The van der Waals surface area contributed by atoms with E-state index in [0.29, 0.717) is 5.82 Å². The quantitative estimate of drug-likeness (QED) is 0.805. The van der Waals surface area contributed by atoms with Gasteiger partial charge in [-0.3, -0.25) is 0 Å². The number of hydrogen-bond donors (Lipinski definition) is 1. The first-order chi connectivity index (χ1) is 7.29. The van der Waals surface area contributed by atoms with Crippen LogP contribution in [0.3, 0.4) is 0 Å². The van der Waals surface area contributed by atoms with E-state index in [1.54, 1.807) is 6.20 Å². The molecule has 0 aliphatic heterocycles. The van der Waals surface area contributed by atoms with Crippen LogP contribution in [-0.4, -0.2) is 15.1 Å². The Morgan fingerprint density at radius 1 is 1.13 bits per heavy atom. The third-order valence-electron chi connectivity index (χ3n) is 2.19. The Balaban J connectivity index is 2.40. The third kappa shape index (κ3) is 2.19. The Bertz CT molecular complexity index is 451. The molecule has 0 atom stereocenters. The van der Waals surface area contributed by atoms with Gasteiger partial charge in [-0.05, 0) is 13.0 Å². The molecule has 76 valence electrons. The second-order valence-electron chi connectivity index (χ2n) is 3.38. The highest BCUT2D eigenvalue weighted by Crippen LogP contribution is 2.16. The maximum Gasteiger partial charge on any atom is 0.154 e. The molecular formula is C12H12N2O. The van der Waals surface area contributed by atoms with Gasteiger partial charge in [-0.25, -0.2) is 9.97 Å². The van der Waals surface area contributed by atoms with Crippen molar-refractivity contribution in [3.63, 3.8) is 0 Å². The summed E-state index contributed by atoms with van der Waals surface area (Å²) in [6.07, 6.45) is 1.66. The molecule has 0 fully saturated rings. The molecule has 15 heavy (non-hydrogen) atoms. The monoisotopic (exact) mass is 200 g/mol. The van der Waals surface area contributed by atoms with E-state index in [1.807, 2.05) is 37.3 Å². The van der Waals surface area contributed by atoms with E-state index >= 15 is 0 Å². The van der Waals surface area contributed by atoms with Crippen LogP contribution >= 0.6 is 0 Å².